The fraction of sp³-hybridized carbons (Fsp3) is 0.350. The van der Waals surface area contributed by atoms with Crippen LogP contribution in [0.3, 0.4) is 0 Å². The molecule has 1 aliphatic heterocycles. The number of carbonyl (C=O) groups is 1. The van der Waals surface area contributed by atoms with Crippen molar-refractivity contribution in [2.24, 2.45) is 5.73 Å². The molecule has 0 saturated heterocycles. The second-order valence-electron chi connectivity index (χ2n) is 6.45. The molecule has 3 rings (SSSR count). The van der Waals surface area contributed by atoms with E-state index in [1.165, 1.54) is 0 Å². The molecule has 1 aromatic heterocycles. The van der Waals surface area contributed by atoms with E-state index in [0.717, 1.165) is 18.8 Å². The van der Waals surface area contributed by atoms with Gasteiger partial charge in [-0.3, -0.25) is 14.8 Å². The van der Waals surface area contributed by atoms with E-state index in [1.54, 1.807) is 6.92 Å². The number of ether oxygens (including phenoxy) is 2. The molecule has 29 heavy (non-hydrogen) atoms. The zero-order valence-electron chi connectivity index (χ0n) is 16.6. The Balaban J connectivity index is 2.18. The van der Waals surface area contributed by atoms with Crippen LogP contribution in [0.4, 0.5) is 5.69 Å². The molecule has 1 aliphatic rings. The van der Waals surface area contributed by atoms with Crippen molar-refractivity contribution in [1.82, 2.24) is 9.97 Å². The number of hydrogen-bond acceptors (Lipinski definition) is 7. The Labute approximate surface area is 167 Å². The highest BCUT2D eigenvalue weighted by Gasteiger charge is 2.38. The van der Waals surface area contributed by atoms with E-state index in [4.69, 9.17) is 15.2 Å². The van der Waals surface area contributed by atoms with Crippen molar-refractivity contribution in [3.8, 4) is 5.88 Å². The molecule has 0 saturated carbocycles. The molecule has 0 aliphatic carbocycles. The zero-order valence-corrected chi connectivity index (χ0v) is 16.6. The van der Waals surface area contributed by atoms with Crippen molar-refractivity contribution in [3.63, 3.8) is 0 Å². The number of anilines is 1. The third-order valence-corrected chi connectivity index (χ3v) is 4.85. The Morgan fingerprint density at radius 1 is 1.14 bits per heavy atom. The maximum atomic E-state index is 12.6. The Morgan fingerprint density at radius 2 is 1.79 bits per heavy atom. The van der Waals surface area contributed by atoms with Crippen LogP contribution in [-0.4, -0.2) is 35.6 Å². The summed E-state index contributed by atoms with van der Waals surface area (Å²) >= 11 is 0. The summed E-state index contributed by atoms with van der Waals surface area (Å²) in [4.78, 5) is 43.7. The van der Waals surface area contributed by atoms with Crippen LogP contribution in [0.5, 0.6) is 5.88 Å². The molecule has 0 bridgehead atoms. The molecule has 0 fully saturated rings. The van der Waals surface area contributed by atoms with E-state index >= 15 is 0 Å². The lowest BCUT2D eigenvalue weighted by molar-refractivity contribution is -0.139. The molecule has 1 aromatic carbocycles. The van der Waals surface area contributed by atoms with Crippen LogP contribution in [0, 0.1) is 0 Å². The Morgan fingerprint density at radius 3 is 2.38 bits per heavy atom. The van der Waals surface area contributed by atoms with Crippen LogP contribution < -0.4 is 26.6 Å². The van der Waals surface area contributed by atoms with Gasteiger partial charge in [0.15, 0.2) is 0 Å². The normalized spacial score (nSPS) is 15.5. The Kier molecular flexibility index (Phi) is 5.76. The Hall–Kier alpha value is -3.49. The predicted molar refractivity (Wildman–Crippen MR) is 108 cm³/mol. The molecule has 0 amide bonds. The van der Waals surface area contributed by atoms with Crippen LogP contribution in [-0.2, 0) is 9.53 Å². The van der Waals surface area contributed by atoms with Gasteiger partial charge in [0.25, 0.3) is 5.56 Å². The number of benzene rings is 1. The van der Waals surface area contributed by atoms with Crippen molar-refractivity contribution >= 4 is 11.7 Å². The minimum Gasteiger partial charge on any atom is -0.462 e. The topological polar surface area (TPSA) is 131 Å². The number of aromatic amines is 2. The van der Waals surface area contributed by atoms with Gasteiger partial charge in [0, 0.05) is 18.8 Å². The van der Waals surface area contributed by atoms with E-state index in [1.807, 2.05) is 24.3 Å². The smallest absolute Gasteiger partial charge is 0.340 e. The van der Waals surface area contributed by atoms with E-state index < -0.39 is 23.1 Å². The molecular weight excluding hydrogens is 376 g/mol. The SMILES string of the molecule is CCOC(=O)C1=C(N)Oc2[nH]c(=O)[nH]c(=O)c2[C@@H]1c1ccc(N(CC)CC)cc1. The first kappa shape index (κ1) is 20.2. The van der Waals surface area contributed by atoms with Crippen LogP contribution in [0.25, 0.3) is 0 Å². The molecule has 4 N–H and O–H groups in total. The predicted octanol–water partition coefficient (Wildman–Crippen LogP) is 1.17. The standard InChI is InChI=1S/C20H24N4O5/c1-4-24(5-2)12-9-7-11(8-10-12)13-14(19(26)28-6-3)16(21)29-18-15(13)17(25)22-20(27)23-18/h7-10,13H,4-6,21H2,1-3H3,(H2,22,23,25,27)/t13-/m1/s1. The summed E-state index contributed by atoms with van der Waals surface area (Å²) in [5.41, 5.74) is 6.38. The molecule has 9 nitrogen and oxygen atoms in total. The molecule has 2 aromatic rings. The molecule has 0 spiro atoms. The maximum Gasteiger partial charge on any atom is 0.340 e. The third-order valence-electron chi connectivity index (χ3n) is 4.85. The summed E-state index contributed by atoms with van der Waals surface area (Å²) in [6, 6.07) is 7.47. The quantitative estimate of drug-likeness (QED) is 0.620. The molecule has 9 heteroatoms. The largest absolute Gasteiger partial charge is 0.462 e. The summed E-state index contributed by atoms with van der Waals surface area (Å²) in [6.07, 6.45) is 0. The summed E-state index contributed by atoms with van der Waals surface area (Å²) in [5, 5.41) is 0. The highest BCUT2D eigenvalue weighted by molar-refractivity contribution is 5.92. The summed E-state index contributed by atoms with van der Waals surface area (Å²) in [6.45, 7) is 7.62. The molecular formula is C20H24N4O5. The number of fused-ring (bicyclic) bond motifs is 1. The average Bonchev–Trinajstić information content (AvgIpc) is 2.68. The second kappa shape index (κ2) is 8.26. The van der Waals surface area contributed by atoms with Crippen LogP contribution in [0.1, 0.15) is 37.8 Å². The number of esters is 1. The number of hydrogen-bond donors (Lipinski definition) is 3. The first-order valence-corrected chi connectivity index (χ1v) is 9.47. The van der Waals surface area contributed by atoms with Gasteiger partial charge in [-0.1, -0.05) is 12.1 Å². The van der Waals surface area contributed by atoms with Gasteiger partial charge < -0.3 is 20.1 Å². The minimum absolute atomic E-state index is 0.0208. The van der Waals surface area contributed by atoms with Crippen LogP contribution >= 0.6 is 0 Å². The highest BCUT2D eigenvalue weighted by atomic mass is 16.5. The molecule has 1 atom stereocenters. The van der Waals surface area contributed by atoms with E-state index in [2.05, 4.69) is 28.7 Å². The molecule has 0 radical (unpaired) electrons. The van der Waals surface area contributed by atoms with Crippen LogP contribution in [0.2, 0.25) is 0 Å². The van der Waals surface area contributed by atoms with E-state index in [9.17, 15) is 14.4 Å². The first-order valence-electron chi connectivity index (χ1n) is 9.47. The molecule has 0 unspecified atom stereocenters. The first-order chi connectivity index (χ1) is 13.9. The summed E-state index contributed by atoms with van der Waals surface area (Å²) in [7, 11) is 0. The lowest BCUT2D eigenvalue weighted by Crippen LogP contribution is -2.35. The van der Waals surface area contributed by atoms with Crippen molar-refractivity contribution in [3.05, 3.63) is 67.7 Å². The highest BCUT2D eigenvalue weighted by Crippen LogP contribution is 2.39. The van der Waals surface area contributed by atoms with Crippen molar-refractivity contribution in [2.45, 2.75) is 26.7 Å². The zero-order chi connectivity index (χ0) is 21.1. The summed E-state index contributed by atoms with van der Waals surface area (Å²) in [5.74, 6) is -1.82. The fourth-order valence-electron chi connectivity index (χ4n) is 3.50. The van der Waals surface area contributed by atoms with Gasteiger partial charge >= 0.3 is 11.7 Å². The number of nitrogens with two attached hydrogens (primary N) is 1. The third kappa shape index (κ3) is 3.75. The van der Waals surface area contributed by atoms with Gasteiger partial charge in [-0.15, -0.1) is 0 Å². The average molecular weight is 400 g/mol. The van der Waals surface area contributed by atoms with Gasteiger partial charge in [0.2, 0.25) is 11.8 Å². The lowest BCUT2D eigenvalue weighted by atomic mass is 9.84. The van der Waals surface area contributed by atoms with E-state index in [-0.39, 0.29) is 29.5 Å². The van der Waals surface area contributed by atoms with Crippen molar-refractivity contribution in [2.75, 3.05) is 24.6 Å². The number of aromatic nitrogens is 2. The van der Waals surface area contributed by atoms with Gasteiger partial charge in [0.1, 0.15) is 5.57 Å². The number of nitrogens with zero attached hydrogens (tertiary/aromatic N) is 1. The van der Waals surface area contributed by atoms with E-state index in [0.29, 0.717) is 5.56 Å². The van der Waals surface area contributed by atoms with Gasteiger partial charge in [0.05, 0.1) is 18.1 Å². The number of carbonyl (C=O) groups excluding carboxylic acids is 1. The maximum absolute atomic E-state index is 12.6. The fourth-order valence-corrected chi connectivity index (χ4v) is 3.50. The van der Waals surface area contributed by atoms with Crippen LogP contribution in [0.15, 0.2) is 45.3 Å². The monoisotopic (exact) mass is 400 g/mol. The van der Waals surface area contributed by atoms with Gasteiger partial charge in [-0.05, 0) is 38.5 Å². The summed E-state index contributed by atoms with van der Waals surface area (Å²) < 4.78 is 10.5. The number of H-pyrrole nitrogens is 2. The van der Waals surface area contributed by atoms with Gasteiger partial charge in [-0.2, -0.15) is 0 Å². The van der Waals surface area contributed by atoms with Crippen molar-refractivity contribution < 1.29 is 14.3 Å². The van der Waals surface area contributed by atoms with Crippen molar-refractivity contribution in [1.29, 1.82) is 0 Å². The Bertz CT molecular complexity index is 1050. The number of nitrogens with one attached hydrogen (secondary N) is 2. The molecule has 154 valence electrons. The lowest BCUT2D eigenvalue weighted by Gasteiger charge is -2.27. The van der Waals surface area contributed by atoms with Gasteiger partial charge in [-0.25, -0.2) is 9.59 Å². The number of rotatable bonds is 6. The minimum atomic E-state index is -0.843. The second-order valence-corrected chi connectivity index (χ2v) is 6.45. The molecule has 2 heterocycles.